The Morgan fingerprint density at radius 1 is 0.522 bits per heavy atom. The summed E-state index contributed by atoms with van der Waals surface area (Å²) in [4.78, 5) is 12.4. The molecule has 0 bridgehead atoms. The van der Waals surface area contributed by atoms with Gasteiger partial charge in [0.05, 0.1) is 18.8 Å². The van der Waals surface area contributed by atoms with E-state index in [1.54, 1.807) is 6.08 Å². The van der Waals surface area contributed by atoms with Crippen LogP contribution in [0.2, 0.25) is 0 Å². The molecule has 46 heavy (non-hydrogen) atoms. The lowest BCUT2D eigenvalue weighted by Crippen LogP contribution is -2.48. The van der Waals surface area contributed by atoms with Crippen molar-refractivity contribution < 1.29 is 20.1 Å². The number of hydrogen-bond donors (Lipinski definition) is 4. The van der Waals surface area contributed by atoms with Crippen molar-refractivity contribution in [2.45, 2.75) is 225 Å². The van der Waals surface area contributed by atoms with Gasteiger partial charge in [0.1, 0.15) is 6.10 Å². The molecule has 0 aliphatic carbocycles. The molecule has 5 nitrogen and oxygen atoms in total. The molecule has 272 valence electrons. The minimum atomic E-state index is -1.10. The van der Waals surface area contributed by atoms with Crippen LogP contribution in [0.3, 0.4) is 0 Å². The van der Waals surface area contributed by atoms with Crippen molar-refractivity contribution in [3.8, 4) is 0 Å². The molecule has 0 spiro atoms. The monoisotopic (exact) mass is 650 g/mol. The highest BCUT2D eigenvalue weighted by atomic mass is 16.3. The van der Waals surface area contributed by atoms with Crippen LogP contribution in [0.4, 0.5) is 0 Å². The van der Waals surface area contributed by atoms with Crippen LogP contribution in [0.5, 0.6) is 0 Å². The highest BCUT2D eigenvalue weighted by Crippen LogP contribution is 2.15. The Balaban J connectivity index is 3.74. The molecule has 0 radical (unpaired) electrons. The Kier molecular flexibility index (Phi) is 35.7. The molecule has 0 aliphatic heterocycles. The predicted molar refractivity (Wildman–Crippen MR) is 199 cm³/mol. The number of carbonyl (C=O) groups excluding carboxylic acids is 1. The number of aliphatic hydroxyl groups excluding tert-OH is 3. The van der Waals surface area contributed by atoms with Gasteiger partial charge in [0, 0.05) is 0 Å². The normalized spacial score (nSPS) is 13.9. The maximum absolute atomic E-state index is 12.4. The van der Waals surface area contributed by atoms with E-state index >= 15 is 0 Å². The Hall–Kier alpha value is -1.17. The number of aliphatic hydroxyl groups is 3. The summed E-state index contributed by atoms with van der Waals surface area (Å²) in [5, 5.41) is 33.0. The van der Waals surface area contributed by atoms with Gasteiger partial charge >= 0.3 is 0 Å². The van der Waals surface area contributed by atoms with E-state index < -0.39 is 24.2 Å². The highest BCUT2D eigenvalue weighted by Gasteiger charge is 2.22. The van der Waals surface area contributed by atoms with Gasteiger partial charge in [-0.3, -0.25) is 4.79 Å². The first-order chi connectivity index (χ1) is 22.6. The number of unbranched alkanes of at least 4 members (excludes halogenated alkanes) is 26. The van der Waals surface area contributed by atoms with Crippen molar-refractivity contribution in [1.29, 1.82) is 0 Å². The summed E-state index contributed by atoms with van der Waals surface area (Å²) in [5.74, 6) is -0.512. The Bertz CT molecular complexity index is 679. The van der Waals surface area contributed by atoms with E-state index in [2.05, 4.69) is 31.3 Å². The average molecular weight is 650 g/mol. The van der Waals surface area contributed by atoms with Crippen molar-refractivity contribution in [3.63, 3.8) is 0 Å². The summed E-state index contributed by atoms with van der Waals surface area (Å²) in [7, 11) is 0. The SMILES string of the molecule is CCCCCCCCCCCCCC/C=C/CC/C=C/C(O)C(CO)NC(=O)C(O)CCCCCCCCCCCCCCCC. The van der Waals surface area contributed by atoms with Gasteiger partial charge in [-0.05, 0) is 32.1 Å². The molecule has 0 fully saturated rings. The number of amides is 1. The van der Waals surface area contributed by atoms with Gasteiger partial charge in [0.2, 0.25) is 5.91 Å². The molecule has 4 N–H and O–H groups in total. The molecule has 3 atom stereocenters. The Morgan fingerprint density at radius 2 is 0.891 bits per heavy atom. The molecule has 0 saturated heterocycles. The summed E-state index contributed by atoms with van der Waals surface area (Å²) in [6.07, 6.45) is 43.4. The van der Waals surface area contributed by atoms with Crippen molar-refractivity contribution in [2.24, 2.45) is 0 Å². The number of nitrogens with one attached hydrogen (secondary N) is 1. The van der Waals surface area contributed by atoms with E-state index in [1.807, 2.05) is 6.08 Å². The van der Waals surface area contributed by atoms with Crippen LogP contribution in [-0.2, 0) is 4.79 Å². The molecule has 0 saturated carbocycles. The molecule has 0 aromatic heterocycles. The van der Waals surface area contributed by atoms with E-state index in [-0.39, 0.29) is 6.61 Å². The first-order valence-corrected chi connectivity index (χ1v) is 20.2. The van der Waals surface area contributed by atoms with E-state index in [9.17, 15) is 20.1 Å². The second-order valence-electron chi connectivity index (χ2n) is 13.8. The quantitative estimate of drug-likeness (QED) is 0.0401. The minimum Gasteiger partial charge on any atom is -0.394 e. The van der Waals surface area contributed by atoms with E-state index in [4.69, 9.17) is 0 Å². The lowest BCUT2D eigenvalue weighted by molar-refractivity contribution is -0.131. The molecular weight excluding hydrogens is 570 g/mol. The fourth-order valence-electron chi connectivity index (χ4n) is 6.08. The topological polar surface area (TPSA) is 89.8 Å². The van der Waals surface area contributed by atoms with Crippen molar-refractivity contribution >= 4 is 5.91 Å². The summed E-state index contributed by atoms with van der Waals surface area (Å²) >= 11 is 0. The average Bonchev–Trinajstić information content (AvgIpc) is 3.06. The van der Waals surface area contributed by atoms with Crippen molar-refractivity contribution in [3.05, 3.63) is 24.3 Å². The van der Waals surface area contributed by atoms with Crippen LogP contribution >= 0.6 is 0 Å². The largest absolute Gasteiger partial charge is 0.394 e. The third-order valence-electron chi connectivity index (χ3n) is 9.29. The summed E-state index contributed by atoms with van der Waals surface area (Å²) in [5.41, 5.74) is 0. The van der Waals surface area contributed by atoms with E-state index in [1.165, 1.54) is 148 Å². The fraction of sp³-hybridized carbons (Fsp3) is 0.878. The summed E-state index contributed by atoms with van der Waals surface area (Å²) in [6.45, 7) is 4.16. The number of carbonyl (C=O) groups is 1. The van der Waals surface area contributed by atoms with Gasteiger partial charge in [-0.25, -0.2) is 0 Å². The van der Waals surface area contributed by atoms with Crippen LogP contribution in [0.15, 0.2) is 24.3 Å². The van der Waals surface area contributed by atoms with Gasteiger partial charge in [-0.1, -0.05) is 199 Å². The van der Waals surface area contributed by atoms with Crippen molar-refractivity contribution in [1.82, 2.24) is 5.32 Å². The van der Waals surface area contributed by atoms with Crippen molar-refractivity contribution in [2.75, 3.05) is 6.61 Å². The highest BCUT2D eigenvalue weighted by molar-refractivity contribution is 5.80. The van der Waals surface area contributed by atoms with Crippen LogP contribution < -0.4 is 5.32 Å². The zero-order chi connectivity index (χ0) is 33.8. The molecule has 0 aliphatic rings. The zero-order valence-corrected chi connectivity index (χ0v) is 30.7. The Morgan fingerprint density at radius 3 is 1.33 bits per heavy atom. The second kappa shape index (κ2) is 36.7. The fourth-order valence-corrected chi connectivity index (χ4v) is 6.08. The van der Waals surface area contributed by atoms with Crippen LogP contribution in [-0.4, -0.2) is 46.1 Å². The van der Waals surface area contributed by atoms with Gasteiger partial charge in [0.15, 0.2) is 0 Å². The van der Waals surface area contributed by atoms with E-state index in [0.717, 1.165) is 38.5 Å². The molecular formula is C41H79NO4. The third kappa shape index (κ3) is 31.4. The molecule has 1 amide bonds. The van der Waals surface area contributed by atoms with Crippen LogP contribution in [0.25, 0.3) is 0 Å². The molecule has 3 unspecified atom stereocenters. The standard InChI is InChI=1S/C41H79NO4/c1-3-5-7-9-11-13-15-17-19-20-21-22-24-25-27-29-31-33-35-39(44)38(37-43)42-41(46)40(45)36-34-32-30-28-26-23-18-16-14-12-10-8-6-4-2/h25,27,33,35,38-40,43-45H,3-24,26,28-32,34,36-37H2,1-2H3,(H,42,46)/b27-25+,35-33+. The summed E-state index contributed by atoms with van der Waals surface area (Å²) < 4.78 is 0. The maximum atomic E-state index is 12.4. The van der Waals surface area contributed by atoms with Gasteiger partial charge < -0.3 is 20.6 Å². The smallest absolute Gasteiger partial charge is 0.249 e. The molecule has 0 heterocycles. The summed E-state index contributed by atoms with van der Waals surface area (Å²) in [6, 6.07) is -0.809. The number of allylic oxidation sites excluding steroid dienone is 3. The van der Waals surface area contributed by atoms with Gasteiger partial charge in [-0.2, -0.15) is 0 Å². The van der Waals surface area contributed by atoms with Gasteiger partial charge in [0.25, 0.3) is 0 Å². The number of rotatable bonds is 36. The second-order valence-corrected chi connectivity index (χ2v) is 13.8. The maximum Gasteiger partial charge on any atom is 0.249 e. The van der Waals surface area contributed by atoms with Crippen LogP contribution in [0.1, 0.15) is 206 Å². The number of hydrogen-bond acceptors (Lipinski definition) is 4. The molecule has 0 rings (SSSR count). The molecule has 0 aromatic carbocycles. The van der Waals surface area contributed by atoms with E-state index in [0.29, 0.717) is 6.42 Å². The molecule has 0 aromatic rings. The first kappa shape index (κ1) is 44.8. The Labute approximate surface area is 286 Å². The predicted octanol–water partition coefficient (Wildman–Crippen LogP) is 11.0. The molecule has 5 heteroatoms. The first-order valence-electron chi connectivity index (χ1n) is 20.2. The third-order valence-corrected chi connectivity index (χ3v) is 9.29. The lowest BCUT2D eigenvalue weighted by Gasteiger charge is -2.21. The zero-order valence-electron chi connectivity index (χ0n) is 30.7. The lowest BCUT2D eigenvalue weighted by atomic mass is 10.0. The van der Waals surface area contributed by atoms with Crippen LogP contribution in [0, 0.1) is 0 Å². The van der Waals surface area contributed by atoms with Gasteiger partial charge in [-0.15, -0.1) is 0 Å². The minimum absolute atomic E-state index is 0.373.